The maximum Gasteiger partial charge on any atom is 0.137 e. The van der Waals surface area contributed by atoms with Gasteiger partial charge in [-0.05, 0) is 46.5 Å². The Balaban J connectivity index is 1.65. The van der Waals surface area contributed by atoms with Crippen molar-refractivity contribution in [3.05, 3.63) is 34.1 Å². The van der Waals surface area contributed by atoms with Crippen LogP contribution >= 0.6 is 15.9 Å². The van der Waals surface area contributed by atoms with E-state index in [4.69, 9.17) is 0 Å². The van der Waals surface area contributed by atoms with Gasteiger partial charge in [0.05, 0.1) is 4.47 Å². The van der Waals surface area contributed by atoms with E-state index in [0.717, 1.165) is 31.2 Å². The molecule has 0 bridgehead atoms. The summed E-state index contributed by atoms with van der Waals surface area (Å²) in [6.45, 7) is 2.63. The summed E-state index contributed by atoms with van der Waals surface area (Å²) in [6, 6.07) is 5.99. The van der Waals surface area contributed by atoms with Crippen molar-refractivity contribution in [3.63, 3.8) is 0 Å². The van der Waals surface area contributed by atoms with E-state index in [1.807, 2.05) is 6.07 Å². The topological polar surface area (TPSA) is 24.1 Å². The minimum Gasteiger partial charge on any atom is -0.313 e. The summed E-state index contributed by atoms with van der Waals surface area (Å²) < 4.78 is 13.7. The summed E-state index contributed by atoms with van der Waals surface area (Å²) in [5.74, 6) is -0.199. The first kappa shape index (κ1) is 12.0. The highest BCUT2D eigenvalue weighted by Gasteiger charge is 2.19. The summed E-state index contributed by atoms with van der Waals surface area (Å²) in [6.07, 6.45) is 2.63. The van der Waals surface area contributed by atoms with Crippen molar-refractivity contribution in [3.8, 4) is 0 Å². The molecule has 0 unspecified atom stereocenters. The Kier molecular flexibility index (Phi) is 4.32. The van der Waals surface area contributed by atoms with E-state index in [-0.39, 0.29) is 5.82 Å². The molecule has 2 rings (SSSR count). The first-order chi connectivity index (χ1) is 7.75. The maximum atomic E-state index is 13.2. The molecule has 4 heteroatoms. The number of benzene rings is 1. The largest absolute Gasteiger partial charge is 0.313 e. The molecule has 16 heavy (non-hydrogen) atoms. The SMILES string of the molecule is Fc1cc(CNCCNC2CC2)ccc1Br. The second-order valence-corrected chi connectivity index (χ2v) is 5.01. The van der Waals surface area contributed by atoms with Crippen molar-refractivity contribution < 1.29 is 4.39 Å². The first-order valence-electron chi connectivity index (χ1n) is 5.64. The lowest BCUT2D eigenvalue weighted by molar-refractivity contribution is 0.598. The third-order valence-corrected chi connectivity index (χ3v) is 3.27. The first-order valence-corrected chi connectivity index (χ1v) is 6.43. The lowest BCUT2D eigenvalue weighted by atomic mass is 10.2. The summed E-state index contributed by atoms with van der Waals surface area (Å²) in [7, 11) is 0. The quantitative estimate of drug-likeness (QED) is 0.785. The van der Waals surface area contributed by atoms with Crippen LogP contribution in [0.4, 0.5) is 4.39 Å². The molecule has 1 aliphatic carbocycles. The molecule has 1 aromatic carbocycles. The number of nitrogens with one attached hydrogen (secondary N) is 2. The van der Waals surface area contributed by atoms with Crippen LogP contribution in [0, 0.1) is 5.82 Å². The van der Waals surface area contributed by atoms with E-state index in [2.05, 4.69) is 26.6 Å². The second-order valence-electron chi connectivity index (χ2n) is 4.15. The molecular weight excluding hydrogens is 271 g/mol. The number of hydrogen-bond donors (Lipinski definition) is 2. The molecule has 0 radical (unpaired) electrons. The Bertz CT molecular complexity index is 353. The molecule has 88 valence electrons. The third-order valence-electron chi connectivity index (χ3n) is 2.63. The van der Waals surface area contributed by atoms with E-state index < -0.39 is 0 Å². The molecule has 2 N–H and O–H groups in total. The zero-order valence-corrected chi connectivity index (χ0v) is 10.7. The molecule has 0 atom stereocenters. The Morgan fingerprint density at radius 1 is 1.31 bits per heavy atom. The Labute approximate surface area is 104 Å². The predicted octanol–water partition coefficient (Wildman–Crippen LogP) is 2.43. The highest BCUT2D eigenvalue weighted by molar-refractivity contribution is 9.10. The zero-order chi connectivity index (χ0) is 11.4. The van der Waals surface area contributed by atoms with Crippen molar-refractivity contribution in [1.29, 1.82) is 0 Å². The average Bonchev–Trinajstić information content (AvgIpc) is 3.07. The highest BCUT2D eigenvalue weighted by Crippen LogP contribution is 2.18. The summed E-state index contributed by atoms with van der Waals surface area (Å²) in [5, 5.41) is 6.71. The van der Waals surface area contributed by atoms with Gasteiger partial charge in [-0.2, -0.15) is 0 Å². The van der Waals surface area contributed by atoms with Crippen molar-refractivity contribution >= 4 is 15.9 Å². The molecular formula is C12H16BrFN2. The van der Waals surface area contributed by atoms with Crippen LogP contribution in [0.15, 0.2) is 22.7 Å². The van der Waals surface area contributed by atoms with Gasteiger partial charge in [-0.3, -0.25) is 0 Å². The van der Waals surface area contributed by atoms with Crippen molar-refractivity contribution in [2.75, 3.05) is 13.1 Å². The van der Waals surface area contributed by atoms with Crippen LogP contribution in [0.5, 0.6) is 0 Å². The van der Waals surface area contributed by atoms with Gasteiger partial charge in [-0.1, -0.05) is 6.07 Å². The van der Waals surface area contributed by atoms with Gasteiger partial charge < -0.3 is 10.6 Å². The number of hydrogen-bond acceptors (Lipinski definition) is 2. The maximum absolute atomic E-state index is 13.2. The van der Waals surface area contributed by atoms with Crippen LogP contribution in [-0.4, -0.2) is 19.1 Å². The summed E-state index contributed by atoms with van der Waals surface area (Å²) in [4.78, 5) is 0. The molecule has 1 saturated carbocycles. The van der Waals surface area contributed by atoms with Crippen molar-refractivity contribution in [1.82, 2.24) is 10.6 Å². The fraction of sp³-hybridized carbons (Fsp3) is 0.500. The minimum atomic E-state index is -0.199. The molecule has 0 aromatic heterocycles. The summed E-state index contributed by atoms with van der Waals surface area (Å²) in [5.41, 5.74) is 0.979. The van der Waals surface area contributed by atoms with Gasteiger partial charge in [-0.25, -0.2) is 4.39 Å². The van der Waals surface area contributed by atoms with Crippen LogP contribution in [0.1, 0.15) is 18.4 Å². The van der Waals surface area contributed by atoms with Gasteiger partial charge in [0.2, 0.25) is 0 Å². The molecule has 0 heterocycles. The normalized spacial score (nSPS) is 15.4. The molecule has 1 fully saturated rings. The Hall–Kier alpha value is -0.450. The minimum absolute atomic E-state index is 0.199. The van der Waals surface area contributed by atoms with Gasteiger partial charge >= 0.3 is 0 Å². The van der Waals surface area contributed by atoms with E-state index in [9.17, 15) is 4.39 Å². The van der Waals surface area contributed by atoms with Gasteiger partial charge in [0, 0.05) is 25.7 Å². The average molecular weight is 287 g/mol. The van der Waals surface area contributed by atoms with Gasteiger partial charge in [-0.15, -0.1) is 0 Å². The van der Waals surface area contributed by atoms with Crippen LogP contribution in [-0.2, 0) is 6.54 Å². The van der Waals surface area contributed by atoms with E-state index in [1.54, 1.807) is 12.1 Å². The van der Waals surface area contributed by atoms with Crippen LogP contribution in [0.2, 0.25) is 0 Å². The molecule has 0 aliphatic heterocycles. The highest BCUT2D eigenvalue weighted by atomic mass is 79.9. The molecule has 1 aromatic rings. The van der Waals surface area contributed by atoms with Crippen molar-refractivity contribution in [2.24, 2.45) is 0 Å². The van der Waals surface area contributed by atoms with Crippen LogP contribution in [0.3, 0.4) is 0 Å². The molecule has 1 aliphatic rings. The monoisotopic (exact) mass is 286 g/mol. The lowest BCUT2D eigenvalue weighted by Gasteiger charge is -2.06. The molecule has 0 saturated heterocycles. The Morgan fingerprint density at radius 3 is 2.81 bits per heavy atom. The number of rotatable bonds is 6. The molecule has 0 amide bonds. The zero-order valence-electron chi connectivity index (χ0n) is 9.10. The second kappa shape index (κ2) is 5.75. The number of halogens is 2. The smallest absolute Gasteiger partial charge is 0.137 e. The standard InChI is InChI=1S/C12H16BrFN2/c13-11-4-1-9(7-12(11)14)8-15-5-6-16-10-2-3-10/h1,4,7,10,15-16H,2-3,5-6,8H2. The summed E-state index contributed by atoms with van der Waals surface area (Å²) >= 11 is 3.14. The van der Waals surface area contributed by atoms with E-state index >= 15 is 0 Å². The van der Waals surface area contributed by atoms with Gasteiger partial charge in [0.15, 0.2) is 0 Å². The van der Waals surface area contributed by atoms with Crippen molar-refractivity contribution in [2.45, 2.75) is 25.4 Å². The van der Waals surface area contributed by atoms with E-state index in [0.29, 0.717) is 4.47 Å². The predicted molar refractivity (Wildman–Crippen MR) is 66.8 cm³/mol. The fourth-order valence-electron chi connectivity index (χ4n) is 1.53. The van der Waals surface area contributed by atoms with Gasteiger partial charge in [0.25, 0.3) is 0 Å². The molecule has 2 nitrogen and oxygen atoms in total. The van der Waals surface area contributed by atoms with Gasteiger partial charge in [0.1, 0.15) is 5.82 Å². The fourth-order valence-corrected chi connectivity index (χ4v) is 1.78. The van der Waals surface area contributed by atoms with Crippen LogP contribution < -0.4 is 10.6 Å². The van der Waals surface area contributed by atoms with E-state index in [1.165, 1.54) is 12.8 Å². The molecule has 0 spiro atoms. The van der Waals surface area contributed by atoms with Crippen LogP contribution in [0.25, 0.3) is 0 Å². The third kappa shape index (κ3) is 3.85. The lowest BCUT2D eigenvalue weighted by Crippen LogP contribution is -2.28. The Morgan fingerprint density at radius 2 is 2.12 bits per heavy atom.